The molecule has 0 saturated heterocycles. The van der Waals surface area contributed by atoms with Crippen molar-refractivity contribution in [1.29, 1.82) is 0 Å². The molecular formula is C25H23N3O6. The van der Waals surface area contributed by atoms with Gasteiger partial charge >= 0.3 is 5.97 Å². The largest absolute Gasteiger partial charge is 0.485 e. The summed E-state index contributed by atoms with van der Waals surface area (Å²) in [6.45, 7) is 5.30. The van der Waals surface area contributed by atoms with E-state index in [4.69, 9.17) is 9.47 Å². The Morgan fingerprint density at radius 2 is 1.85 bits per heavy atom. The molecule has 2 N–H and O–H groups in total. The minimum atomic E-state index is -1.16. The minimum Gasteiger partial charge on any atom is -0.485 e. The number of nitrogens with zero attached hydrogens (tertiary/aromatic N) is 2. The molecule has 0 spiro atoms. The van der Waals surface area contributed by atoms with Gasteiger partial charge < -0.3 is 19.9 Å². The molecule has 0 unspecified atom stereocenters. The number of anilines is 1. The zero-order valence-electron chi connectivity index (χ0n) is 18.9. The Balaban J connectivity index is 1.50. The van der Waals surface area contributed by atoms with E-state index in [0.29, 0.717) is 17.2 Å². The molecule has 0 fully saturated rings. The van der Waals surface area contributed by atoms with Gasteiger partial charge in [0.15, 0.2) is 5.75 Å². The zero-order valence-corrected chi connectivity index (χ0v) is 18.9. The third kappa shape index (κ3) is 4.73. The number of aryl methyl sites for hydroxylation is 1. The SMILES string of the molecule is Cc1cc2ccncc2c(Oc2ccc(C[C@H](Nc3c(OC(C)C)c(=O)c3=O)C(=O)O)cc2)n1. The first-order valence-electron chi connectivity index (χ1n) is 10.7. The van der Waals surface area contributed by atoms with Gasteiger partial charge in [-0.05, 0) is 56.0 Å². The Kier molecular flexibility index (Phi) is 6.27. The van der Waals surface area contributed by atoms with Crippen LogP contribution in [0.1, 0.15) is 25.1 Å². The van der Waals surface area contributed by atoms with Gasteiger partial charge in [-0.3, -0.25) is 14.6 Å². The number of aromatic nitrogens is 2. The van der Waals surface area contributed by atoms with E-state index in [9.17, 15) is 19.5 Å². The molecule has 1 atom stereocenters. The molecule has 4 rings (SSSR count). The lowest BCUT2D eigenvalue weighted by atomic mass is 10.0. The van der Waals surface area contributed by atoms with Crippen LogP contribution in [0.15, 0.2) is 58.4 Å². The summed E-state index contributed by atoms with van der Waals surface area (Å²) in [6.07, 6.45) is 3.14. The molecule has 4 aromatic rings. The van der Waals surface area contributed by atoms with Crippen molar-refractivity contribution in [3.8, 4) is 17.4 Å². The van der Waals surface area contributed by atoms with Crippen LogP contribution in [-0.4, -0.2) is 33.2 Å². The van der Waals surface area contributed by atoms with Crippen LogP contribution in [0.2, 0.25) is 0 Å². The summed E-state index contributed by atoms with van der Waals surface area (Å²) in [7, 11) is 0. The maximum absolute atomic E-state index is 11.9. The molecule has 2 heterocycles. The van der Waals surface area contributed by atoms with E-state index < -0.39 is 22.9 Å². The number of hydrogen-bond acceptors (Lipinski definition) is 8. The molecule has 34 heavy (non-hydrogen) atoms. The highest BCUT2D eigenvalue weighted by Gasteiger charge is 2.28. The number of carboxylic acids is 1. The lowest BCUT2D eigenvalue weighted by Gasteiger charge is -2.20. The van der Waals surface area contributed by atoms with Crippen LogP contribution >= 0.6 is 0 Å². The Hall–Kier alpha value is -4.27. The highest BCUT2D eigenvalue weighted by atomic mass is 16.5. The average molecular weight is 461 g/mol. The first-order valence-corrected chi connectivity index (χ1v) is 10.7. The number of carbonyl (C=O) groups is 1. The van der Waals surface area contributed by atoms with E-state index in [0.717, 1.165) is 16.5 Å². The standard InChI is InChI=1S/C25H23N3O6/c1-13(2)33-23-20(21(29)22(23)30)28-19(25(31)32)11-15-4-6-17(7-5-15)34-24-18-12-26-9-8-16(18)10-14(3)27-24/h4-10,12-13,19,28H,11H2,1-3H3,(H,31,32)/t19-/m0/s1. The molecule has 0 saturated carbocycles. The number of fused-ring (bicyclic) bond motifs is 1. The van der Waals surface area contributed by atoms with Crippen LogP contribution in [0.5, 0.6) is 17.4 Å². The molecule has 0 amide bonds. The fourth-order valence-electron chi connectivity index (χ4n) is 3.53. The van der Waals surface area contributed by atoms with E-state index in [1.54, 1.807) is 50.5 Å². The van der Waals surface area contributed by atoms with Gasteiger partial charge in [0.2, 0.25) is 5.88 Å². The summed E-state index contributed by atoms with van der Waals surface area (Å²) in [6, 6.07) is 9.59. The smallest absolute Gasteiger partial charge is 0.326 e. The zero-order chi connectivity index (χ0) is 24.4. The maximum Gasteiger partial charge on any atom is 0.326 e. The molecule has 2 aromatic heterocycles. The van der Waals surface area contributed by atoms with Crippen LogP contribution in [0.4, 0.5) is 5.69 Å². The third-order valence-corrected chi connectivity index (χ3v) is 5.14. The van der Waals surface area contributed by atoms with Gasteiger partial charge in [0.05, 0.1) is 11.5 Å². The van der Waals surface area contributed by atoms with Gasteiger partial charge in [0, 0.05) is 24.5 Å². The summed E-state index contributed by atoms with van der Waals surface area (Å²) in [5.74, 6) is -0.324. The average Bonchev–Trinajstić information content (AvgIpc) is 2.81. The molecule has 0 radical (unpaired) electrons. The lowest BCUT2D eigenvalue weighted by Crippen LogP contribution is -2.42. The van der Waals surface area contributed by atoms with Crippen molar-refractivity contribution in [3.05, 3.63) is 80.5 Å². The number of pyridine rings is 2. The summed E-state index contributed by atoms with van der Waals surface area (Å²) in [5.41, 5.74) is -0.134. The Morgan fingerprint density at radius 1 is 1.12 bits per heavy atom. The number of nitrogens with one attached hydrogen (secondary N) is 1. The van der Waals surface area contributed by atoms with E-state index in [1.165, 1.54) is 0 Å². The van der Waals surface area contributed by atoms with Gasteiger partial charge in [0.1, 0.15) is 17.5 Å². The van der Waals surface area contributed by atoms with Crippen molar-refractivity contribution >= 4 is 22.4 Å². The van der Waals surface area contributed by atoms with Gasteiger partial charge in [-0.2, -0.15) is 0 Å². The summed E-state index contributed by atoms with van der Waals surface area (Å²) < 4.78 is 11.3. The summed E-state index contributed by atoms with van der Waals surface area (Å²) in [4.78, 5) is 44.1. The quantitative estimate of drug-likeness (QED) is 0.361. The molecule has 0 aliphatic rings. The molecule has 174 valence electrons. The first-order chi connectivity index (χ1) is 16.2. The second kappa shape index (κ2) is 9.30. The van der Waals surface area contributed by atoms with Gasteiger partial charge in [-0.15, -0.1) is 0 Å². The van der Waals surface area contributed by atoms with Crippen LogP contribution in [0.25, 0.3) is 10.8 Å². The first kappa shape index (κ1) is 22.9. The number of hydrogen-bond donors (Lipinski definition) is 2. The third-order valence-electron chi connectivity index (χ3n) is 5.14. The number of carboxylic acid groups (broad SMARTS) is 1. The van der Waals surface area contributed by atoms with Crippen LogP contribution < -0.4 is 25.6 Å². The highest BCUT2D eigenvalue weighted by molar-refractivity contribution is 5.86. The highest BCUT2D eigenvalue weighted by Crippen LogP contribution is 2.28. The van der Waals surface area contributed by atoms with Crippen LogP contribution in [0, 0.1) is 6.92 Å². The van der Waals surface area contributed by atoms with Gasteiger partial charge in [-0.25, -0.2) is 9.78 Å². The fraction of sp³-hybridized carbons (Fsp3) is 0.240. The van der Waals surface area contributed by atoms with Crippen LogP contribution in [0.3, 0.4) is 0 Å². The predicted octanol–water partition coefficient (Wildman–Crippen LogP) is 3.22. The van der Waals surface area contributed by atoms with Gasteiger partial charge in [-0.1, -0.05) is 12.1 Å². The molecule has 0 aliphatic heterocycles. The molecule has 0 aliphatic carbocycles. The molecule has 9 nitrogen and oxygen atoms in total. The monoisotopic (exact) mass is 461 g/mol. The normalized spacial score (nSPS) is 12.1. The number of benzene rings is 1. The van der Waals surface area contributed by atoms with Crippen molar-refractivity contribution < 1.29 is 19.4 Å². The van der Waals surface area contributed by atoms with Crippen LogP contribution in [-0.2, 0) is 11.2 Å². The summed E-state index contributed by atoms with van der Waals surface area (Å²) in [5, 5.41) is 14.0. The second-order valence-corrected chi connectivity index (χ2v) is 8.18. The van der Waals surface area contributed by atoms with Crippen molar-refractivity contribution in [2.45, 2.75) is 39.3 Å². The minimum absolute atomic E-state index is 0.0745. The number of rotatable bonds is 9. The fourth-order valence-corrected chi connectivity index (χ4v) is 3.53. The van der Waals surface area contributed by atoms with E-state index in [2.05, 4.69) is 15.3 Å². The molecule has 9 heteroatoms. The second-order valence-electron chi connectivity index (χ2n) is 8.18. The topological polar surface area (TPSA) is 128 Å². The van der Waals surface area contributed by atoms with Gasteiger partial charge in [0.25, 0.3) is 10.9 Å². The number of aliphatic carboxylic acids is 1. The van der Waals surface area contributed by atoms with E-state index >= 15 is 0 Å². The molecular weight excluding hydrogens is 438 g/mol. The molecule has 2 aromatic carbocycles. The molecule has 0 bridgehead atoms. The van der Waals surface area contributed by atoms with Crippen molar-refractivity contribution in [2.75, 3.05) is 5.32 Å². The predicted molar refractivity (Wildman–Crippen MR) is 127 cm³/mol. The van der Waals surface area contributed by atoms with E-state index in [1.807, 2.05) is 19.1 Å². The van der Waals surface area contributed by atoms with Crippen molar-refractivity contribution in [3.63, 3.8) is 0 Å². The van der Waals surface area contributed by atoms with Crippen molar-refractivity contribution in [1.82, 2.24) is 9.97 Å². The Bertz CT molecular complexity index is 1420. The Morgan fingerprint density at radius 3 is 2.53 bits per heavy atom. The van der Waals surface area contributed by atoms with E-state index in [-0.39, 0.29) is 24.0 Å². The number of ether oxygens (including phenoxy) is 2. The maximum atomic E-state index is 11.9. The Labute approximate surface area is 194 Å². The lowest BCUT2D eigenvalue weighted by molar-refractivity contribution is -0.137. The van der Waals surface area contributed by atoms with Crippen molar-refractivity contribution in [2.24, 2.45) is 0 Å². The summed E-state index contributed by atoms with van der Waals surface area (Å²) >= 11 is 0.